The van der Waals surface area contributed by atoms with Gasteiger partial charge in [0, 0.05) is 61.7 Å². The molecule has 1 fully saturated rings. The lowest BCUT2D eigenvalue weighted by molar-refractivity contribution is 0.0790. The average Bonchev–Trinajstić information content (AvgIpc) is 3.29. The Morgan fingerprint density at radius 1 is 1.20 bits per heavy atom. The van der Waals surface area contributed by atoms with Gasteiger partial charge in [-0.2, -0.15) is 0 Å². The fourth-order valence-electron chi connectivity index (χ4n) is 3.82. The van der Waals surface area contributed by atoms with E-state index in [4.69, 9.17) is 9.72 Å². The van der Waals surface area contributed by atoms with Crippen LogP contribution in [0.25, 0.3) is 10.9 Å². The number of hydrogen-bond donors (Lipinski definition) is 1. The zero-order valence-corrected chi connectivity index (χ0v) is 16.9. The van der Waals surface area contributed by atoms with Gasteiger partial charge >= 0.3 is 0 Å². The number of methoxy groups -OCH3 is 1. The number of ether oxygens (including phenoxy) is 1. The van der Waals surface area contributed by atoms with Gasteiger partial charge in [-0.05, 0) is 30.7 Å². The minimum atomic E-state index is -0.144. The summed E-state index contributed by atoms with van der Waals surface area (Å²) < 4.78 is 5.02. The van der Waals surface area contributed by atoms with E-state index in [2.05, 4.69) is 10.3 Å². The molecule has 7 heteroatoms. The van der Waals surface area contributed by atoms with Gasteiger partial charge in [0.05, 0.1) is 17.7 Å². The first kappa shape index (κ1) is 20.0. The third kappa shape index (κ3) is 4.16. The van der Waals surface area contributed by atoms with Crippen LogP contribution in [0.2, 0.25) is 0 Å². The fourth-order valence-corrected chi connectivity index (χ4v) is 3.82. The zero-order valence-electron chi connectivity index (χ0n) is 16.9. The van der Waals surface area contributed by atoms with Gasteiger partial charge in [-0.3, -0.25) is 19.6 Å². The smallest absolute Gasteiger partial charge is 0.253 e. The summed E-state index contributed by atoms with van der Waals surface area (Å²) in [5, 5.41) is 3.71. The first-order valence-electron chi connectivity index (χ1n) is 10.0. The van der Waals surface area contributed by atoms with Crippen molar-refractivity contribution in [3.05, 3.63) is 71.7 Å². The van der Waals surface area contributed by atoms with Crippen LogP contribution in [0.3, 0.4) is 0 Å². The molecule has 1 aliphatic heterocycles. The molecule has 30 heavy (non-hydrogen) atoms. The first-order chi connectivity index (χ1) is 14.7. The maximum atomic E-state index is 12.8. The average molecular weight is 404 g/mol. The number of likely N-dealkylation sites (tertiary alicyclic amines) is 1. The van der Waals surface area contributed by atoms with Crippen molar-refractivity contribution in [2.75, 3.05) is 33.4 Å². The van der Waals surface area contributed by atoms with Crippen molar-refractivity contribution in [2.24, 2.45) is 0 Å². The quantitative estimate of drug-likeness (QED) is 0.639. The molecule has 1 saturated heterocycles. The molecule has 2 amide bonds. The molecule has 1 N–H and O–H groups in total. The van der Waals surface area contributed by atoms with Crippen LogP contribution in [0.4, 0.5) is 0 Å². The molecule has 3 heterocycles. The summed E-state index contributed by atoms with van der Waals surface area (Å²) >= 11 is 0. The molecule has 0 saturated carbocycles. The molecule has 0 radical (unpaired) electrons. The van der Waals surface area contributed by atoms with Crippen LogP contribution in [0.1, 0.15) is 38.7 Å². The van der Waals surface area contributed by atoms with Crippen molar-refractivity contribution in [3.63, 3.8) is 0 Å². The predicted octanol–water partition coefficient (Wildman–Crippen LogP) is 2.64. The third-order valence-corrected chi connectivity index (χ3v) is 5.39. The van der Waals surface area contributed by atoms with Gasteiger partial charge < -0.3 is 15.0 Å². The molecule has 2 aromatic heterocycles. The van der Waals surface area contributed by atoms with E-state index < -0.39 is 0 Å². The molecule has 0 unspecified atom stereocenters. The van der Waals surface area contributed by atoms with Gasteiger partial charge in [0.2, 0.25) is 0 Å². The Hall–Kier alpha value is -3.32. The van der Waals surface area contributed by atoms with E-state index in [1.54, 1.807) is 31.6 Å². The maximum absolute atomic E-state index is 12.8. The Morgan fingerprint density at radius 2 is 2.00 bits per heavy atom. The second kappa shape index (κ2) is 9.00. The Bertz CT molecular complexity index is 1050. The number of amides is 2. The molecule has 1 aromatic carbocycles. The fraction of sp³-hybridized carbons (Fsp3) is 0.304. The second-order valence-corrected chi connectivity index (χ2v) is 7.33. The first-order valence-corrected chi connectivity index (χ1v) is 10.0. The van der Waals surface area contributed by atoms with Crippen molar-refractivity contribution in [1.29, 1.82) is 0 Å². The van der Waals surface area contributed by atoms with Crippen LogP contribution in [0, 0.1) is 0 Å². The normalized spacial score (nSPS) is 16.0. The highest BCUT2D eigenvalue weighted by atomic mass is 16.5. The van der Waals surface area contributed by atoms with E-state index in [0.29, 0.717) is 37.4 Å². The third-order valence-electron chi connectivity index (χ3n) is 5.39. The predicted molar refractivity (Wildman–Crippen MR) is 113 cm³/mol. The number of hydrogen-bond acceptors (Lipinski definition) is 5. The molecule has 1 atom stereocenters. The van der Waals surface area contributed by atoms with Crippen molar-refractivity contribution >= 4 is 22.7 Å². The second-order valence-electron chi connectivity index (χ2n) is 7.33. The minimum absolute atomic E-state index is 0.00165. The van der Waals surface area contributed by atoms with Crippen molar-refractivity contribution < 1.29 is 14.3 Å². The SMILES string of the molecule is COCCNC(=O)c1cc([C@@H]2CCN(C(=O)c3ccncc3)C2)nc2ccccc12. The highest BCUT2D eigenvalue weighted by Crippen LogP contribution is 2.30. The Balaban J connectivity index is 1.58. The van der Waals surface area contributed by atoms with Crippen molar-refractivity contribution in [1.82, 2.24) is 20.2 Å². The number of nitrogens with zero attached hydrogens (tertiary/aromatic N) is 3. The van der Waals surface area contributed by atoms with Gasteiger partial charge in [0.15, 0.2) is 0 Å². The van der Waals surface area contributed by atoms with E-state index in [-0.39, 0.29) is 17.7 Å². The van der Waals surface area contributed by atoms with Crippen LogP contribution >= 0.6 is 0 Å². The number of pyridine rings is 2. The lowest BCUT2D eigenvalue weighted by atomic mass is 9.99. The highest BCUT2D eigenvalue weighted by molar-refractivity contribution is 6.06. The van der Waals surface area contributed by atoms with Crippen LogP contribution in [-0.2, 0) is 4.74 Å². The van der Waals surface area contributed by atoms with E-state index >= 15 is 0 Å². The number of para-hydroxylation sites is 1. The molecule has 154 valence electrons. The lowest BCUT2D eigenvalue weighted by Crippen LogP contribution is -2.29. The molecule has 0 aliphatic carbocycles. The Labute approximate surface area is 175 Å². The van der Waals surface area contributed by atoms with Crippen LogP contribution in [-0.4, -0.2) is 60.0 Å². The molecule has 4 rings (SSSR count). The molecule has 3 aromatic rings. The topological polar surface area (TPSA) is 84.4 Å². The van der Waals surface area contributed by atoms with E-state index in [0.717, 1.165) is 23.0 Å². The van der Waals surface area contributed by atoms with Crippen LogP contribution in [0.5, 0.6) is 0 Å². The number of carbonyl (C=O) groups is 2. The van der Waals surface area contributed by atoms with Crippen molar-refractivity contribution in [2.45, 2.75) is 12.3 Å². The van der Waals surface area contributed by atoms with Gasteiger partial charge in [-0.25, -0.2) is 0 Å². The number of benzene rings is 1. The molecule has 1 aliphatic rings. The molecule has 0 spiro atoms. The lowest BCUT2D eigenvalue weighted by Gasteiger charge is -2.17. The number of nitrogens with one attached hydrogen (secondary N) is 1. The number of fused-ring (bicyclic) bond motifs is 1. The maximum Gasteiger partial charge on any atom is 0.253 e. The summed E-state index contributed by atoms with van der Waals surface area (Å²) in [5.74, 6) is -0.0567. The standard InChI is InChI=1S/C23H24N4O3/c1-30-13-11-25-22(28)19-14-21(26-20-5-3-2-4-18(19)20)17-8-12-27(15-17)23(29)16-6-9-24-10-7-16/h2-7,9-10,14,17H,8,11-13,15H2,1H3,(H,25,28)/t17-/m1/s1. The van der Waals surface area contributed by atoms with Gasteiger partial charge in [-0.1, -0.05) is 18.2 Å². The summed E-state index contributed by atoms with van der Waals surface area (Å²) in [6.45, 7) is 2.14. The monoisotopic (exact) mass is 404 g/mol. The summed E-state index contributed by atoms with van der Waals surface area (Å²) in [6, 6.07) is 13.0. The number of rotatable bonds is 6. The van der Waals surface area contributed by atoms with Crippen LogP contribution < -0.4 is 5.32 Å². The largest absolute Gasteiger partial charge is 0.383 e. The van der Waals surface area contributed by atoms with Gasteiger partial charge in [0.25, 0.3) is 11.8 Å². The molecular formula is C23H24N4O3. The van der Waals surface area contributed by atoms with Gasteiger partial charge in [-0.15, -0.1) is 0 Å². The minimum Gasteiger partial charge on any atom is -0.383 e. The molecule has 0 bridgehead atoms. The summed E-state index contributed by atoms with van der Waals surface area (Å²) in [6.07, 6.45) is 4.06. The Kier molecular flexibility index (Phi) is 5.99. The zero-order chi connectivity index (χ0) is 20.9. The van der Waals surface area contributed by atoms with Crippen LogP contribution in [0.15, 0.2) is 54.9 Å². The van der Waals surface area contributed by atoms with E-state index in [1.807, 2.05) is 35.2 Å². The highest BCUT2D eigenvalue weighted by Gasteiger charge is 2.29. The number of carbonyl (C=O) groups excluding carboxylic acids is 2. The van der Waals surface area contributed by atoms with E-state index in [9.17, 15) is 9.59 Å². The van der Waals surface area contributed by atoms with Gasteiger partial charge in [0.1, 0.15) is 0 Å². The summed E-state index contributed by atoms with van der Waals surface area (Å²) in [4.78, 5) is 36.2. The molecule has 7 nitrogen and oxygen atoms in total. The summed E-state index contributed by atoms with van der Waals surface area (Å²) in [7, 11) is 1.60. The summed E-state index contributed by atoms with van der Waals surface area (Å²) in [5.41, 5.74) is 2.86. The van der Waals surface area contributed by atoms with Crippen molar-refractivity contribution in [3.8, 4) is 0 Å². The Morgan fingerprint density at radius 3 is 2.80 bits per heavy atom. The molecular weight excluding hydrogens is 380 g/mol. The van der Waals surface area contributed by atoms with E-state index in [1.165, 1.54) is 0 Å². The number of aromatic nitrogens is 2.